The van der Waals surface area contributed by atoms with Gasteiger partial charge in [0.25, 0.3) is 5.91 Å². The molecule has 0 aromatic heterocycles. The first-order valence-electron chi connectivity index (χ1n) is 10.5. The third-order valence-corrected chi connectivity index (χ3v) is 5.64. The molecule has 0 saturated carbocycles. The molecule has 8 heteroatoms. The van der Waals surface area contributed by atoms with Crippen molar-refractivity contribution in [3.63, 3.8) is 0 Å². The molecule has 3 rings (SSSR count). The van der Waals surface area contributed by atoms with Crippen molar-refractivity contribution in [1.29, 1.82) is 0 Å². The van der Waals surface area contributed by atoms with Crippen molar-refractivity contribution >= 4 is 11.8 Å². The number of ether oxygens (including phenoxy) is 4. The van der Waals surface area contributed by atoms with Gasteiger partial charge >= 0.3 is 0 Å². The van der Waals surface area contributed by atoms with Gasteiger partial charge in [-0.05, 0) is 42.7 Å². The van der Waals surface area contributed by atoms with Gasteiger partial charge in [0.1, 0.15) is 17.1 Å². The fourth-order valence-corrected chi connectivity index (χ4v) is 3.88. The lowest BCUT2D eigenvalue weighted by Crippen LogP contribution is -2.47. The molecule has 1 aliphatic rings. The number of carbonyl (C=O) groups is 2. The summed E-state index contributed by atoms with van der Waals surface area (Å²) in [5.41, 5.74) is 1.25. The van der Waals surface area contributed by atoms with Crippen LogP contribution in [0, 0.1) is 0 Å². The minimum atomic E-state index is -0.241. The molecule has 172 valence electrons. The highest BCUT2D eigenvalue weighted by atomic mass is 16.5. The number of likely N-dealkylation sites (tertiary alicyclic amines) is 1. The van der Waals surface area contributed by atoms with Crippen LogP contribution in [0.3, 0.4) is 0 Å². The molecule has 1 fully saturated rings. The van der Waals surface area contributed by atoms with Crippen LogP contribution in [0.1, 0.15) is 28.8 Å². The molecule has 32 heavy (non-hydrogen) atoms. The Kier molecular flexibility index (Phi) is 7.81. The lowest BCUT2D eigenvalue weighted by atomic mass is 10.0. The zero-order valence-corrected chi connectivity index (χ0v) is 19.0. The van der Waals surface area contributed by atoms with Crippen LogP contribution in [0.25, 0.3) is 0 Å². The van der Waals surface area contributed by atoms with Gasteiger partial charge in [0.15, 0.2) is 11.5 Å². The second kappa shape index (κ2) is 10.7. The van der Waals surface area contributed by atoms with Gasteiger partial charge < -0.3 is 29.2 Å². The van der Waals surface area contributed by atoms with E-state index in [1.807, 2.05) is 17.0 Å². The number of hydrogen-bond donors (Lipinski definition) is 1. The smallest absolute Gasteiger partial charge is 0.259 e. The van der Waals surface area contributed by atoms with Gasteiger partial charge in [-0.2, -0.15) is 0 Å². The summed E-state index contributed by atoms with van der Waals surface area (Å²) in [7, 11) is 6.20. The van der Waals surface area contributed by atoms with Crippen LogP contribution in [0.15, 0.2) is 36.4 Å². The molecule has 2 aromatic carbocycles. The van der Waals surface area contributed by atoms with Gasteiger partial charge in [-0.1, -0.05) is 12.1 Å². The Balaban J connectivity index is 1.56. The number of rotatable bonds is 8. The van der Waals surface area contributed by atoms with E-state index in [0.29, 0.717) is 54.5 Å². The van der Waals surface area contributed by atoms with E-state index in [0.717, 1.165) is 5.56 Å². The van der Waals surface area contributed by atoms with Crippen molar-refractivity contribution in [3.8, 4) is 23.0 Å². The molecule has 1 N–H and O–H groups in total. The zero-order chi connectivity index (χ0) is 23.1. The molecule has 0 atom stereocenters. The van der Waals surface area contributed by atoms with Crippen LogP contribution in [0.5, 0.6) is 23.0 Å². The Bertz CT molecular complexity index is 931. The van der Waals surface area contributed by atoms with Gasteiger partial charge in [0.2, 0.25) is 5.91 Å². The van der Waals surface area contributed by atoms with Crippen LogP contribution < -0.4 is 24.3 Å². The SMILES string of the molecule is COc1ccc(CC(=O)N2CCC(NC(=O)c3c(OC)cccc3OC)CC2)cc1OC. The van der Waals surface area contributed by atoms with Crippen molar-refractivity contribution in [1.82, 2.24) is 10.2 Å². The van der Waals surface area contributed by atoms with Gasteiger partial charge in [0.05, 0.1) is 34.9 Å². The van der Waals surface area contributed by atoms with Crippen molar-refractivity contribution in [3.05, 3.63) is 47.5 Å². The topological polar surface area (TPSA) is 86.3 Å². The number of nitrogens with one attached hydrogen (secondary N) is 1. The number of amides is 2. The van der Waals surface area contributed by atoms with Crippen molar-refractivity contribution < 1.29 is 28.5 Å². The van der Waals surface area contributed by atoms with Gasteiger partial charge in [-0.15, -0.1) is 0 Å². The van der Waals surface area contributed by atoms with Crippen molar-refractivity contribution in [2.45, 2.75) is 25.3 Å². The summed E-state index contributed by atoms with van der Waals surface area (Å²) in [4.78, 5) is 27.5. The largest absolute Gasteiger partial charge is 0.496 e. The Morgan fingerprint density at radius 2 is 1.47 bits per heavy atom. The molecule has 0 spiro atoms. The van der Waals surface area contributed by atoms with E-state index >= 15 is 0 Å². The van der Waals surface area contributed by atoms with Crippen LogP contribution in [-0.2, 0) is 11.2 Å². The van der Waals surface area contributed by atoms with Crippen molar-refractivity contribution in [2.75, 3.05) is 41.5 Å². The summed E-state index contributed by atoms with van der Waals surface area (Å²) >= 11 is 0. The minimum absolute atomic E-state index is 0.0257. The van der Waals surface area contributed by atoms with E-state index in [2.05, 4.69) is 5.32 Å². The monoisotopic (exact) mass is 442 g/mol. The maximum absolute atomic E-state index is 12.9. The van der Waals surface area contributed by atoms with E-state index in [4.69, 9.17) is 18.9 Å². The number of benzene rings is 2. The molecular weight excluding hydrogens is 412 g/mol. The summed E-state index contributed by atoms with van der Waals surface area (Å²) < 4.78 is 21.2. The lowest BCUT2D eigenvalue weighted by molar-refractivity contribution is -0.131. The highest BCUT2D eigenvalue weighted by molar-refractivity contribution is 5.99. The molecule has 0 unspecified atom stereocenters. The molecular formula is C24H30N2O6. The lowest BCUT2D eigenvalue weighted by Gasteiger charge is -2.32. The molecule has 2 amide bonds. The minimum Gasteiger partial charge on any atom is -0.496 e. The quantitative estimate of drug-likeness (QED) is 0.677. The molecule has 0 radical (unpaired) electrons. The second-order valence-electron chi connectivity index (χ2n) is 7.53. The number of nitrogens with zero attached hydrogens (tertiary/aromatic N) is 1. The maximum Gasteiger partial charge on any atom is 0.259 e. The first-order valence-corrected chi connectivity index (χ1v) is 10.5. The fraction of sp³-hybridized carbons (Fsp3) is 0.417. The van der Waals surface area contributed by atoms with Crippen molar-refractivity contribution in [2.24, 2.45) is 0 Å². The Hall–Kier alpha value is -3.42. The van der Waals surface area contributed by atoms with Gasteiger partial charge in [-0.3, -0.25) is 9.59 Å². The average Bonchev–Trinajstić information content (AvgIpc) is 2.83. The van der Waals surface area contributed by atoms with E-state index in [1.54, 1.807) is 38.5 Å². The summed E-state index contributed by atoms with van der Waals surface area (Å²) in [6.45, 7) is 1.17. The second-order valence-corrected chi connectivity index (χ2v) is 7.53. The highest BCUT2D eigenvalue weighted by Gasteiger charge is 2.26. The summed E-state index contributed by atoms with van der Waals surface area (Å²) in [5, 5.41) is 3.05. The Morgan fingerprint density at radius 3 is 2.03 bits per heavy atom. The molecule has 1 aliphatic heterocycles. The standard InChI is InChI=1S/C24H30N2O6/c1-29-18-9-8-16(14-21(18)32-4)15-22(27)26-12-10-17(11-13-26)25-24(28)23-19(30-2)6-5-7-20(23)31-3/h5-9,14,17H,10-13,15H2,1-4H3,(H,25,28). The van der Waals surface area contributed by atoms with E-state index in [9.17, 15) is 9.59 Å². The maximum atomic E-state index is 12.9. The van der Waals surface area contributed by atoms with Gasteiger partial charge in [-0.25, -0.2) is 0 Å². The van der Waals surface area contributed by atoms with Crippen LogP contribution >= 0.6 is 0 Å². The third kappa shape index (κ3) is 5.25. The van der Waals surface area contributed by atoms with E-state index in [1.165, 1.54) is 14.2 Å². The predicted octanol–water partition coefficient (Wildman–Crippen LogP) is 2.68. The molecule has 1 heterocycles. The molecule has 8 nitrogen and oxygen atoms in total. The average molecular weight is 443 g/mol. The summed E-state index contributed by atoms with van der Waals surface area (Å²) in [5.74, 6) is 1.97. The first-order chi connectivity index (χ1) is 15.5. The van der Waals surface area contributed by atoms with Crippen LogP contribution in [0.4, 0.5) is 0 Å². The number of carbonyl (C=O) groups excluding carboxylic acids is 2. The summed E-state index contributed by atoms with van der Waals surface area (Å²) in [6.07, 6.45) is 1.65. The fourth-order valence-electron chi connectivity index (χ4n) is 3.88. The number of piperidine rings is 1. The highest BCUT2D eigenvalue weighted by Crippen LogP contribution is 2.29. The zero-order valence-electron chi connectivity index (χ0n) is 19.0. The molecule has 0 aliphatic carbocycles. The molecule has 2 aromatic rings. The molecule has 0 bridgehead atoms. The van der Waals surface area contributed by atoms with E-state index < -0.39 is 0 Å². The number of hydrogen-bond acceptors (Lipinski definition) is 6. The van der Waals surface area contributed by atoms with Crippen LogP contribution in [0.2, 0.25) is 0 Å². The van der Waals surface area contributed by atoms with Crippen LogP contribution in [-0.4, -0.2) is 64.3 Å². The molecule has 1 saturated heterocycles. The first kappa shape index (κ1) is 23.2. The van der Waals surface area contributed by atoms with Gasteiger partial charge in [0, 0.05) is 19.1 Å². The number of methoxy groups -OCH3 is 4. The normalized spacial score (nSPS) is 13.9. The Labute approximate surface area is 188 Å². The Morgan fingerprint density at radius 1 is 0.875 bits per heavy atom. The predicted molar refractivity (Wildman–Crippen MR) is 120 cm³/mol. The third-order valence-electron chi connectivity index (χ3n) is 5.64. The summed E-state index contributed by atoms with van der Waals surface area (Å²) in [6, 6.07) is 10.7. The van der Waals surface area contributed by atoms with E-state index in [-0.39, 0.29) is 24.3 Å².